The number of pyridine rings is 1. The summed E-state index contributed by atoms with van der Waals surface area (Å²) in [6.07, 6.45) is 3.41. The highest BCUT2D eigenvalue weighted by Crippen LogP contribution is 2.13. The summed E-state index contributed by atoms with van der Waals surface area (Å²) in [6, 6.07) is 1.52. The van der Waals surface area contributed by atoms with Crippen molar-refractivity contribution < 1.29 is 10.0 Å². The number of nitrogens with two attached hydrogens (primary N) is 1. The third kappa shape index (κ3) is 3.69. The Labute approximate surface area is 114 Å². The Morgan fingerprint density at radius 1 is 1.67 bits per heavy atom. The first-order valence-electron chi connectivity index (χ1n) is 5.29. The molecule has 1 aromatic heterocycles. The lowest BCUT2D eigenvalue weighted by atomic mass is 10.1. The van der Waals surface area contributed by atoms with Gasteiger partial charge in [-0.2, -0.15) is 0 Å². The van der Waals surface area contributed by atoms with Gasteiger partial charge in [0, 0.05) is 36.4 Å². The van der Waals surface area contributed by atoms with Crippen LogP contribution in [0, 0.1) is 0 Å². The Kier molecular flexibility index (Phi) is 5.08. The third-order valence-electron chi connectivity index (χ3n) is 2.57. The Hall–Kier alpha value is -1.63. The van der Waals surface area contributed by atoms with Crippen molar-refractivity contribution in [2.75, 3.05) is 7.05 Å². The lowest BCUT2D eigenvalue weighted by Gasteiger charge is -2.24. The Bertz CT molecular complexity index is 464. The minimum absolute atomic E-state index is 0.0921. The summed E-state index contributed by atoms with van der Waals surface area (Å²) in [7, 11) is 1.67. The molecule has 18 heavy (non-hydrogen) atoms. The average molecular weight is 315 g/mol. The van der Waals surface area contributed by atoms with Crippen LogP contribution in [0.25, 0.3) is 0 Å². The first-order chi connectivity index (χ1) is 8.45. The summed E-state index contributed by atoms with van der Waals surface area (Å²) >= 11 is 3.26. The largest absolute Gasteiger partial charge is 0.409 e. The monoisotopic (exact) mass is 314 g/mol. The number of hydrogen-bond acceptors (Lipinski definition) is 4. The SMILES string of the molecule is CC(CC(N)=NO)N(C)C(=O)c1cncc(Br)c1. The first kappa shape index (κ1) is 14.4. The van der Waals surface area contributed by atoms with Gasteiger partial charge in [0.25, 0.3) is 5.91 Å². The first-order valence-corrected chi connectivity index (χ1v) is 6.09. The van der Waals surface area contributed by atoms with E-state index < -0.39 is 0 Å². The molecule has 1 unspecified atom stereocenters. The van der Waals surface area contributed by atoms with Crippen LogP contribution < -0.4 is 5.73 Å². The lowest BCUT2D eigenvalue weighted by Crippen LogP contribution is -2.37. The van der Waals surface area contributed by atoms with Gasteiger partial charge in [0.1, 0.15) is 5.84 Å². The van der Waals surface area contributed by atoms with E-state index in [0.717, 1.165) is 4.47 Å². The molecule has 3 N–H and O–H groups in total. The topological polar surface area (TPSA) is 91.8 Å². The molecular weight excluding hydrogens is 300 g/mol. The highest BCUT2D eigenvalue weighted by Gasteiger charge is 2.19. The maximum Gasteiger partial charge on any atom is 0.255 e. The maximum absolute atomic E-state index is 12.1. The number of hydrogen-bond donors (Lipinski definition) is 2. The van der Waals surface area contributed by atoms with Gasteiger partial charge in [-0.15, -0.1) is 0 Å². The molecule has 0 spiro atoms. The second-order valence-corrected chi connectivity index (χ2v) is 4.87. The van der Waals surface area contributed by atoms with Crippen molar-refractivity contribution in [1.82, 2.24) is 9.88 Å². The molecule has 0 aromatic carbocycles. The van der Waals surface area contributed by atoms with E-state index >= 15 is 0 Å². The summed E-state index contributed by atoms with van der Waals surface area (Å²) in [6.45, 7) is 1.82. The number of oxime groups is 1. The van der Waals surface area contributed by atoms with Crippen LogP contribution in [0.5, 0.6) is 0 Å². The number of amides is 1. The molecule has 98 valence electrons. The Morgan fingerprint density at radius 3 is 2.89 bits per heavy atom. The third-order valence-corrected chi connectivity index (χ3v) is 3.00. The minimum atomic E-state index is -0.174. The van der Waals surface area contributed by atoms with E-state index in [1.165, 1.54) is 11.1 Å². The van der Waals surface area contributed by atoms with E-state index in [-0.39, 0.29) is 17.8 Å². The van der Waals surface area contributed by atoms with Gasteiger partial charge in [-0.1, -0.05) is 5.16 Å². The van der Waals surface area contributed by atoms with Crippen molar-refractivity contribution in [3.63, 3.8) is 0 Å². The summed E-state index contributed by atoms with van der Waals surface area (Å²) in [5.74, 6) is -0.0726. The molecule has 6 nitrogen and oxygen atoms in total. The molecule has 0 bridgehead atoms. The van der Waals surface area contributed by atoms with Crippen LogP contribution in [0.3, 0.4) is 0 Å². The molecule has 1 rings (SSSR count). The van der Waals surface area contributed by atoms with Gasteiger partial charge in [-0.3, -0.25) is 9.78 Å². The standard InChI is InChI=1S/C11H15BrN4O2/c1-7(3-10(13)15-18)16(2)11(17)8-4-9(12)6-14-5-8/h4-7,18H,3H2,1-2H3,(H2,13,15). The van der Waals surface area contributed by atoms with Gasteiger partial charge in [-0.05, 0) is 28.9 Å². The Morgan fingerprint density at radius 2 is 2.33 bits per heavy atom. The molecule has 1 heterocycles. The minimum Gasteiger partial charge on any atom is -0.409 e. The molecule has 0 aliphatic heterocycles. The van der Waals surface area contributed by atoms with Crippen LogP contribution in [-0.2, 0) is 0 Å². The fraction of sp³-hybridized carbons (Fsp3) is 0.364. The quantitative estimate of drug-likeness (QED) is 0.381. The molecule has 1 amide bonds. The highest BCUT2D eigenvalue weighted by atomic mass is 79.9. The number of aromatic nitrogens is 1. The molecular formula is C11H15BrN4O2. The Balaban J connectivity index is 2.78. The molecule has 0 saturated carbocycles. The van der Waals surface area contributed by atoms with Crippen molar-refractivity contribution in [3.05, 3.63) is 28.5 Å². The number of carbonyl (C=O) groups is 1. The lowest BCUT2D eigenvalue weighted by molar-refractivity contribution is 0.0746. The van der Waals surface area contributed by atoms with E-state index in [2.05, 4.69) is 26.1 Å². The molecule has 0 aliphatic carbocycles. The normalized spacial score (nSPS) is 13.2. The molecule has 0 fully saturated rings. The fourth-order valence-corrected chi connectivity index (χ4v) is 1.78. The molecule has 7 heteroatoms. The van der Waals surface area contributed by atoms with Crippen LogP contribution in [0.2, 0.25) is 0 Å². The van der Waals surface area contributed by atoms with Crippen LogP contribution >= 0.6 is 15.9 Å². The predicted molar refractivity (Wildman–Crippen MR) is 71.5 cm³/mol. The van der Waals surface area contributed by atoms with Gasteiger partial charge in [0.15, 0.2) is 0 Å². The second-order valence-electron chi connectivity index (χ2n) is 3.95. The zero-order chi connectivity index (χ0) is 13.7. The zero-order valence-electron chi connectivity index (χ0n) is 10.2. The number of nitrogens with zero attached hydrogens (tertiary/aromatic N) is 3. The van der Waals surface area contributed by atoms with Crippen molar-refractivity contribution in [3.8, 4) is 0 Å². The molecule has 0 aliphatic rings. The van der Waals surface area contributed by atoms with E-state index in [1.54, 1.807) is 19.3 Å². The van der Waals surface area contributed by atoms with E-state index in [0.29, 0.717) is 12.0 Å². The van der Waals surface area contributed by atoms with Gasteiger partial charge < -0.3 is 15.8 Å². The maximum atomic E-state index is 12.1. The van der Waals surface area contributed by atoms with Crippen molar-refractivity contribution in [1.29, 1.82) is 0 Å². The van der Waals surface area contributed by atoms with Gasteiger partial charge >= 0.3 is 0 Å². The second kappa shape index (κ2) is 6.34. The van der Waals surface area contributed by atoms with Crippen LogP contribution in [0.1, 0.15) is 23.7 Å². The van der Waals surface area contributed by atoms with Crippen LogP contribution in [0.15, 0.2) is 28.1 Å². The van der Waals surface area contributed by atoms with E-state index in [1.807, 2.05) is 6.92 Å². The summed E-state index contributed by atoms with van der Waals surface area (Å²) in [5, 5.41) is 11.4. The van der Waals surface area contributed by atoms with E-state index in [4.69, 9.17) is 10.9 Å². The van der Waals surface area contributed by atoms with Crippen LogP contribution in [-0.4, -0.2) is 39.9 Å². The molecule has 0 saturated heterocycles. The fourth-order valence-electron chi connectivity index (χ4n) is 1.41. The summed E-state index contributed by atoms with van der Waals surface area (Å²) < 4.78 is 0.742. The molecule has 1 atom stereocenters. The number of amidine groups is 1. The highest BCUT2D eigenvalue weighted by molar-refractivity contribution is 9.10. The van der Waals surface area contributed by atoms with Crippen molar-refractivity contribution in [2.24, 2.45) is 10.9 Å². The van der Waals surface area contributed by atoms with Gasteiger partial charge in [-0.25, -0.2) is 0 Å². The zero-order valence-corrected chi connectivity index (χ0v) is 11.8. The summed E-state index contributed by atoms with van der Waals surface area (Å²) in [4.78, 5) is 17.6. The average Bonchev–Trinajstić information content (AvgIpc) is 2.36. The van der Waals surface area contributed by atoms with Crippen molar-refractivity contribution in [2.45, 2.75) is 19.4 Å². The predicted octanol–water partition coefficient (Wildman–Crippen LogP) is 1.44. The summed E-state index contributed by atoms with van der Waals surface area (Å²) in [5.41, 5.74) is 5.90. The molecule has 1 aromatic rings. The number of carbonyl (C=O) groups excluding carboxylic acids is 1. The number of halogens is 1. The van der Waals surface area contributed by atoms with Crippen molar-refractivity contribution >= 4 is 27.7 Å². The number of rotatable bonds is 4. The molecule has 0 radical (unpaired) electrons. The van der Waals surface area contributed by atoms with E-state index in [9.17, 15) is 4.79 Å². The van der Waals surface area contributed by atoms with Gasteiger partial charge in [0.2, 0.25) is 0 Å². The van der Waals surface area contributed by atoms with Crippen LogP contribution in [0.4, 0.5) is 0 Å². The smallest absolute Gasteiger partial charge is 0.255 e. The van der Waals surface area contributed by atoms with Gasteiger partial charge in [0.05, 0.1) is 5.56 Å².